The number of anilines is 1. The first kappa shape index (κ1) is 17.8. The van der Waals surface area contributed by atoms with Gasteiger partial charge >= 0.3 is 0 Å². The van der Waals surface area contributed by atoms with Gasteiger partial charge in [0, 0.05) is 11.8 Å². The van der Waals surface area contributed by atoms with Gasteiger partial charge in [0.25, 0.3) is 0 Å². The van der Waals surface area contributed by atoms with Gasteiger partial charge in [0.15, 0.2) is 17.5 Å². The predicted molar refractivity (Wildman–Crippen MR) is 99.3 cm³/mol. The van der Waals surface area contributed by atoms with Crippen molar-refractivity contribution in [3.05, 3.63) is 89.9 Å². The van der Waals surface area contributed by atoms with E-state index in [0.717, 1.165) is 17.7 Å². The van der Waals surface area contributed by atoms with Crippen molar-refractivity contribution in [1.82, 2.24) is 9.38 Å². The number of aromatic nitrogens is 2. The average molecular weight is 381 g/mol. The zero-order valence-corrected chi connectivity index (χ0v) is 14.5. The number of fused-ring (bicyclic) bond motifs is 1. The molecule has 0 aliphatic heterocycles. The molecule has 4 aromatic rings. The molecular formula is C21H14F3N3O. The van der Waals surface area contributed by atoms with Gasteiger partial charge in [-0.25, -0.2) is 18.2 Å². The Morgan fingerprint density at radius 3 is 2.50 bits per heavy atom. The van der Waals surface area contributed by atoms with Crippen LogP contribution in [-0.4, -0.2) is 15.3 Å². The number of carbonyl (C=O) groups excluding carboxylic acids is 1. The molecule has 1 N–H and O–H groups in total. The SMILES string of the molecule is O=C(Cc1ccccc1)Nc1nc2ccc(F)cn2c1-c1ccc(F)c(F)c1. The van der Waals surface area contributed by atoms with E-state index in [-0.39, 0.29) is 29.4 Å². The molecule has 7 heteroatoms. The van der Waals surface area contributed by atoms with Gasteiger partial charge in [-0.1, -0.05) is 30.3 Å². The summed E-state index contributed by atoms with van der Waals surface area (Å²) in [7, 11) is 0. The third-order valence-electron chi connectivity index (χ3n) is 4.24. The Labute approximate surface area is 158 Å². The summed E-state index contributed by atoms with van der Waals surface area (Å²) in [6, 6.07) is 15.1. The number of hydrogen-bond acceptors (Lipinski definition) is 2. The van der Waals surface area contributed by atoms with Crippen LogP contribution >= 0.6 is 0 Å². The lowest BCUT2D eigenvalue weighted by Crippen LogP contribution is -2.15. The van der Waals surface area contributed by atoms with E-state index in [1.807, 2.05) is 30.3 Å². The molecule has 4 nitrogen and oxygen atoms in total. The lowest BCUT2D eigenvalue weighted by molar-refractivity contribution is -0.115. The molecule has 0 saturated heterocycles. The minimum Gasteiger partial charge on any atom is -0.309 e. The molecular weight excluding hydrogens is 367 g/mol. The van der Waals surface area contributed by atoms with Gasteiger partial charge in [0.2, 0.25) is 5.91 Å². The molecule has 28 heavy (non-hydrogen) atoms. The van der Waals surface area contributed by atoms with Crippen LogP contribution in [0.3, 0.4) is 0 Å². The number of nitrogens with zero attached hydrogens (tertiary/aromatic N) is 2. The van der Waals surface area contributed by atoms with Gasteiger partial charge in [-0.05, 0) is 35.9 Å². The number of nitrogens with one attached hydrogen (secondary N) is 1. The summed E-state index contributed by atoms with van der Waals surface area (Å²) in [6.07, 6.45) is 1.28. The maximum Gasteiger partial charge on any atom is 0.230 e. The van der Waals surface area contributed by atoms with Gasteiger partial charge in [0.05, 0.1) is 12.1 Å². The van der Waals surface area contributed by atoms with Crippen LogP contribution in [0.5, 0.6) is 0 Å². The Morgan fingerprint density at radius 1 is 0.964 bits per heavy atom. The fourth-order valence-corrected chi connectivity index (χ4v) is 2.98. The number of benzene rings is 2. The van der Waals surface area contributed by atoms with Crippen molar-refractivity contribution in [2.45, 2.75) is 6.42 Å². The van der Waals surface area contributed by atoms with E-state index in [1.54, 1.807) is 0 Å². The standard InChI is InChI=1S/C21H14F3N3O/c22-15-7-9-18-25-21(26-19(28)10-13-4-2-1-3-5-13)20(27(18)12-15)14-6-8-16(23)17(24)11-14/h1-9,11-12H,10H2,(H,26,28). The van der Waals surface area contributed by atoms with E-state index in [0.29, 0.717) is 5.65 Å². The van der Waals surface area contributed by atoms with Gasteiger partial charge in [-0.15, -0.1) is 0 Å². The summed E-state index contributed by atoms with van der Waals surface area (Å²) in [5.41, 5.74) is 1.68. The normalized spacial score (nSPS) is 11.0. The van der Waals surface area contributed by atoms with E-state index in [4.69, 9.17) is 0 Å². The smallest absolute Gasteiger partial charge is 0.230 e. The van der Waals surface area contributed by atoms with Crippen molar-refractivity contribution in [2.75, 3.05) is 5.32 Å². The maximum atomic E-state index is 13.8. The molecule has 2 aromatic carbocycles. The molecule has 0 fully saturated rings. The van der Waals surface area contributed by atoms with Crippen LogP contribution in [0.4, 0.5) is 19.0 Å². The van der Waals surface area contributed by atoms with E-state index < -0.39 is 17.5 Å². The second-order valence-electron chi connectivity index (χ2n) is 6.22. The summed E-state index contributed by atoms with van der Waals surface area (Å²) in [4.78, 5) is 16.8. The van der Waals surface area contributed by atoms with Crippen LogP contribution in [0, 0.1) is 17.5 Å². The topological polar surface area (TPSA) is 46.4 Å². The van der Waals surface area contributed by atoms with Crippen molar-refractivity contribution in [2.24, 2.45) is 0 Å². The molecule has 0 bridgehead atoms. The van der Waals surface area contributed by atoms with E-state index in [1.165, 1.54) is 28.8 Å². The Balaban J connectivity index is 1.77. The van der Waals surface area contributed by atoms with Crippen LogP contribution in [0.2, 0.25) is 0 Å². The maximum absolute atomic E-state index is 13.8. The highest BCUT2D eigenvalue weighted by atomic mass is 19.2. The van der Waals surface area contributed by atoms with E-state index >= 15 is 0 Å². The first-order chi connectivity index (χ1) is 13.5. The molecule has 0 spiro atoms. The number of pyridine rings is 1. The molecule has 0 unspecified atom stereocenters. The van der Waals surface area contributed by atoms with Gasteiger partial charge in [0.1, 0.15) is 11.5 Å². The Hall–Kier alpha value is -3.61. The summed E-state index contributed by atoms with van der Waals surface area (Å²) in [5, 5.41) is 2.69. The first-order valence-corrected chi connectivity index (χ1v) is 8.48. The molecule has 0 aliphatic carbocycles. The second kappa shape index (κ2) is 7.19. The van der Waals surface area contributed by atoms with Crippen molar-refractivity contribution in [1.29, 1.82) is 0 Å². The Bertz CT molecular complexity index is 1170. The molecule has 2 heterocycles. The molecule has 0 saturated carbocycles. The van der Waals surface area contributed by atoms with Crippen LogP contribution in [-0.2, 0) is 11.2 Å². The lowest BCUT2D eigenvalue weighted by Gasteiger charge is -2.08. The van der Waals surface area contributed by atoms with Crippen molar-refractivity contribution in [3.8, 4) is 11.3 Å². The minimum atomic E-state index is -1.05. The number of rotatable bonds is 4. The lowest BCUT2D eigenvalue weighted by atomic mass is 10.1. The second-order valence-corrected chi connectivity index (χ2v) is 6.22. The number of amides is 1. The summed E-state index contributed by atoms with van der Waals surface area (Å²) < 4.78 is 42.3. The van der Waals surface area contributed by atoms with Crippen LogP contribution in [0.1, 0.15) is 5.56 Å². The van der Waals surface area contributed by atoms with Crippen LogP contribution in [0.25, 0.3) is 16.9 Å². The molecule has 2 aromatic heterocycles. The predicted octanol–water partition coefficient (Wildman–Crippen LogP) is 4.60. The highest BCUT2D eigenvalue weighted by Crippen LogP contribution is 2.30. The number of imidazole rings is 1. The molecule has 0 radical (unpaired) electrons. The molecule has 140 valence electrons. The highest BCUT2D eigenvalue weighted by molar-refractivity contribution is 5.95. The molecule has 1 amide bonds. The fraction of sp³-hybridized carbons (Fsp3) is 0.0476. The summed E-state index contributed by atoms with van der Waals surface area (Å²) >= 11 is 0. The number of hydrogen-bond donors (Lipinski definition) is 1. The average Bonchev–Trinajstić information content (AvgIpc) is 3.01. The zero-order chi connectivity index (χ0) is 19.7. The molecule has 4 rings (SSSR count). The largest absolute Gasteiger partial charge is 0.309 e. The summed E-state index contributed by atoms with van der Waals surface area (Å²) in [5.74, 6) is -2.78. The number of halogens is 3. The van der Waals surface area contributed by atoms with Crippen LogP contribution < -0.4 is 5.32 Å². The minimum absolute atomic E-state index is 0.111. The highest BCUT2D eigenvalue weighted by Gasteiger charge is 2.18. The van der Waals surface area contributed by atoms with Gasteiger partial charge in [-0.2, -0.15) is 0 Å². The fourth-order valence-electron chi connectivity index (χ4n) is 2.98. The Kier molecular flexibility index (Phi) is 4.57. The van der Waals surface area contributed by atoms with Crippen LogP contribution in [0.15, 0.2) is 66.9 Å². The van der Waals surface area contributed by atoms with Gasteiger partial charge < -0.3 is 5.32 Å². The molecule has 0 aliphatic rings. The van der Waals surface area contributed by atoms with Crippen molar-refractivity contribution in [3.63, 3.8) is 0 Å². The number of carbonyl (C=O) groups is 1. The Morgan fingerprint density at radius 2 is 1.75 bits per heavy atom. The summed E-state index contributed by atoms with van der Waals surface area (Å²) in [6.45, 7) is 0. The quantitative estimate of drug-likeness (QED) is 0.562. The van der Waals surface area contributed by atoms with E-state index in [2.05, 4.69) is 10.3 Å². The van der Waals surface area contributed by atoms with E-state index in [9.17, 15) is 18.0 Å². The third kappa shape index (κ3) is 3.46. The zero-order valence-electron chi connectivity index (χ0n) is 14.5. The van der Waals surface area contributed by atoms with Gasteiger partial charge in [-0.3, -0.25) is 9.20 Å². The molecule has 0 atom stereocenters. The van der Waals surface area contributed by atoms with Crippen molar-refractivity contribution >= 4 is 17.4 Å². The van der Waals surface area contributed by atoms with Crippen molar-refractivity contribution < 1.29 is 18.0 Å². The third-order valence-corrected chi connectivity index (χ3v) is 4.24. The monoisotopic (exact) mass is 381 g/mol. The first-order valence-electron chi connectivity index (χ1n) is 8.48.